The lowest BCUT2D eigenvalue weighted by Gasteiger charge is -2.39. The minimum absolute atomic E-state index is 0.0173. The second kappa shape index (κ2) is 11.3. The standard InChI is InChI=1S/C26H36ClN3O2S/c1-17-12-18(2)16-30(15-17)11-5-10-28-25(31)20-8-9-23-22(13-20)29-26(32)24(33-23)14-19-6-3-4-7-21(19)27/h3-4,6-7,14,17-18,20,22-23H,5,8-13,15-16H2,1-2H3,(H,28,31)(H,29,32)/b24-14+. The number of nitrogens with one attached hydrogen (secondary N) is 2. The third-order valence-corrected chi connectivity index (χ3v) is 8.83. The number of fused-ring (bicyclic) bond motifs is 1. The van der Waals surface area contributed by atoms with Crippen LogP contribution in [-0.2, 0) is 9.59 Å². The number of rotatable bonds is 6. The molecule has 1 aromatic rings. The molecular formula is C26H36ClN3O2S. The summed E-state index contributed by atoms with van der Waals surface area (Å²) in [5, 5.41) is 7.26. The number of piperidine rings is 1. The summed E-state index contributed by atoms with van der Waals surface area (Å²) < 4.78 is 0. The molecule has 180 valence electrons. The zero-order valence-electron chi connectivity index (χ0n) is 19.7. The first kappa shape index (κ1) is 24.6. The van der Waals surface area contributed by atoms with E-state index in [9.17, 15) is 9.59 Å². The summed E-state index contributed by atoms with van der Waals surface area (Å²) in [6, 6.07) is 7.61. The Morgan fingerprint density at radius 3 is 2.73 bits per heavy atom. The number of nitrogens with zero attached hydrogens (tertiary/aromatic N) is 1. The van der Waals surface area contributed by atoms with E-state index < -0.39 is 0 Å². The maximum atomic E-state index is 12.8. The third-order valence-electron chi connectivity index (χ3n) is 7.06. The Kier molecular flexibility index (Phi) is 8.42. The van der Waals surface area contributed by atoms with Crippen molar-refractivity contribution in [2.75, 3.05) is 26.2 Å². The molecule has 0 bridgehead atoms. The van der Waals surface area contributed by atoms with Crippen LogP contribution >= 0.6 is 23.4 Å². The summed E-state index contributed by atoms with van der Waals surface area (Å²) in [4.78, 5) is 28.7. The van der Waals surface area contributed by atoms with Crippen molar-refractivity contribution >= 4 is 41.3 Å². The van der Waals surface area contributed by atoms with Gasteiger partial charge >= 0.3 is 0 Å². The highest BCUT2D eigenvalue weighted by molar-refractivity contribution is 8.04. The van der Waals surface area contributed by atoms with Crippen molar-refractivity contribution in [2.45, 2.75) is 57.2 Å². The summed E-state index contributed by atoms with van der Waals surface area (Å²) in [6.45, 7) is 8.80. The Bertz CT molecular complexity index is 882. The first-order valence-electron chi connectivity index (χ1n) is 12.3. The molecule has 1 aromatic carbocycles. The number of hydrogen-bond donors (Lipinski definition) is 2. The highest BCUT2D eigenvalue weighted by atomic mass is 35.5. The van der Waals surface area contributed by atoms with Gasteiger partial charge in [-0.25, -0.2) is 0 Å². The number of amides is 2. The van der Waals surface area contributed by atoms with Gasteiger partial charge < -0.3 is 15.5 Å². The van der Waals surface area contributed by atoms with Gasteiger partial charge in [-0.1, -0.05) is 43.6 Å². The van der Waals surface area contributed by atoms with Crippen molar-refractivity contribution in [1.29, 1.82) is 0 Å². The Morgan fingerprint density at radius 2 is 1.97 bits per heavy atom. The maximum Gasteiger partial charge on any atom is 0.257 e. The minimum atomic E-state index is -0.0628. The summed E-state index contributed by atoms with van der Waals surface area (Å²) >= 11 is 7.89. The number of likely N-dealkylation sites (tertiary alicyclic amines) is 1. The highest BCUT2D eigenvalue weighted by Crippen LogP contribution is 2.40. The number of carbonyl (C=O) groups excluding carboxylic acids is 2. The zero-order chi connectivity index (χ0) is 23.4. The van der Waals surface area contributed by atoms with Crippen LogP contribution in [0.15, 0.2) is 29.2 Å². The van der Waals surface area contributed by atoms with Crippen molar-refractivity contribution in [3.8, 4) is 0 Å². The van der Waals surface area contributed by atoms with Crippen LogP contribution in [-0.4, -0.2) is 54.2 Å². The molecule has 7 heteroatoms. The SMILES string of the molecule is CC1CC(C)CN(CCCNC(=O)C2CCC3S/C(=C/c4ccccc4Cl)C(=O)NC3C2)C1. The van der Waals surface area contributed by atoms with Crippen molar-refractivity contribution in [2.24, 2.45) is 17.8 Å². The molecule has 3 fully saturated rings. The molecule has 33 heavy (non-hydrogen) atoms. The van der Waals surface area contributed by atoms with E-state index in [0.717, 1.165) is 56.2 Å². The van der Waals surface area contributed by atoms with Crippen molar-refractivity contribution in [3.63, 3.8) is 0 Å². The first-order valence-corrected chi connectivity index (χ1v) is 13.6. The van der Waals surface area contributed by atoms with Crippen LogP contribution in [0.4, 0.5) is 0 Å². The molecule has 0 aromatic heterocycles. The Morgan fingerprint density at radius 1 is 1.21 bits per heavy atom. The van der Waals surface area contributed by atoms with Crippen LogP contribution in [0.3, 0.4) is 0 Å². The molecule has 3 aliphatic rings. The van der Waals surface area contributed by atoms with Gasteiger partial charge in [-0.2, -0.15) is 0 Å². The number of hydrogen-bond acceptors (Lipinski definition) is 4. The van der Waals surface area contributed by atoms with E-state index in [-0.39, 0.29) is 23.8 Å². The molecule has 1 aliphatic carbocycles. The molecule has 2 aliphatic heterocycles. The van der Waals surface area contributed by atoms with E-state index in [1.165, 1.54) is 19.5 Å². The molecule has 0 spiro atoms. The lowest BCUT2D eigenvalue weighted by Crippen LogP contribution is -2.51. The molecule has 4 rings (SSSR count). The topological polar surface area (TPSA) is 61.4 Å². The Labute approximate surface area is 207 Å². The maximum absolute atomic E-state index is 12.8. The summed E-state index contributed by atoms with van der Waals surface area (Å²) in [5.74, 6) is 1.60. The van der Waals surface area contributed by atoms with Gasteiger partial charge in [0.2, 0.25) is 5.91 Å². The quantitative estimate of drug-likeness (QED) is 0.454. The van der Waals surface area contributed by atoms with Gasteiger partial charge in [-0.3, -0.25) is 9.59 Å². The summed E-state index contributed by atoms with van der Waals surface area (Å²) in [7, 11) is 0. The number of halogens is 1. The minimum Gasteiger partial charge on any atom is -0.356 e. The summed E-state index contributed by atoms with van der Waals surface area (Å²) in [5.41, 5.74) is 0.858. The van der Waals surface area contributed by atoms with E-state index in [4.69, 9.17) is 11.6 Å². The van der Waals surface area contributed by atoms with Gasteiger partial charge in [0.05, 0.1) is 4.91 Å². The van der Waals surface area contributed by atoms with Crippen molar-refractivity contribution in [1.82, 2.24) is 15.5 Å². The second-order valence-corrected chi connectivity index (χ2v) is 11.8. The van der Waals surface area contributed by atoms with Gasteiger partial charge in [0.25, 0.3) is 5.91 Å². The van der Waals surface area contributed by atoms with Crippen LogP contribution < -0.4 is 10.6 Å². The van der Waals surface area contributed by atoms with E-state index in [0.29, 0.717) is 15.2 Å². The monoisotopic (exact) mass is 489 g/mol. The van der Waals surface area contributed by atoms with Crippen molar-refractivity contribution in [3.05, 3.63) is 39.8 Å². The van der Waals surface area contributed by atoms with E-state index in [2.05, 4.69) is 29.4 Å². The Hall–Kier alpha value is -1.50. The second-order valence-electron chi connectivity index (χ2n) is 10.1. The van der Waals surface area contributed by atoms with Crippen LogP contribution in [0.25, 0.3) is 6.08 Å². The molecule has 2 N–H and O–H groups in total. The molecule has 0 radical (unpaired) electrons. The van der Waals surface area contributed by atoms with E-state index in [1.807, 2.05) is 30.3 Å². The predicted octanol–water partition coefficient (Wildman–Crippen LogP) is 4.57. The lowest BCUT2D eigenvalue weighted by atomic mass is 9.84. The number of benzene rings is 1. The van der Waals surface area contributed by atoms with Gasteiger partial charge in [0.1, 0.15) is 0 Å². The molecule has 5 nitrogen and oxygen atoms in total. The fourth-order valence-corrected chi connectivity index (χ4v) is 7.07. The van der Waals surface area contributed by atoms with Crippen molar-refractivity contribution < 1.29 is 9.59 Å². The largest absolute Gasteiger partial charge is 0.356 e. The van der Waals surface area contributed by atoms with Gasteiger partial charge in [-0.15, -0.1) is 11.8 Å². The average Bonchev–Trinajstić information content (AvgIpc) is 2.77. The lowest BCUT2D eigenvalue weighted by molar-refractivity contribution is -0.127. The van der Waals surface area contributed by atoms with Crippen LogP contribution in [0.5, 0.6) is 0 Å². The van der Waals surface area contributed by atoms with Crippen LogP contribution in [0.1, 0.15) is 51.5 Å². The summed E-state index contributed by atoms with van der Waals surface area (Å²) in [6.07, 6.45) is 6.71. The fourth-order valence-electron chi connectivity index (χ4n) is 5.60. The van der Waals surface area contributed by atoms with Crippen LogP contribution in [0.2, 0.25) is 5.02 Å². The van der Waals surface area contributed by atoms with Gasteiger partial charge in [0.15, 0.2) is 0 Å². The molecule has 5 unspecified atom stereocenters. The van der Waals surface area contributed by atoms with Gasteiger partial charge in [-0.05, 0) is 68.2 Å². The fraction of sp³-hybridized carbons (Fsp3) is 0.615. The number of thioether (sulfide) groups is 1. The average molecular weight is 490 g/mol. The molecule has 5 atom stereocenters. The third kappa shape index (κ3) is 6.55. The van der Waals surface area contributed by atoms with Gasteiger partial charge in [0, 0.05) is 41.9 Å². The molecular weight excluding hydrogens is 454 g/mol. The van der Waals surface area contributed by atoms with Crippen LogP contribution in [0, 0.1) is 17.8 Å². The highest BCUT2D eigenvalue weighted by Gasteiger charge is 2.39. The van der Waals surface area contributed by atoms with E-state index >= 15 is 0 Å². The zero-order valence-corrected chi connectivity index (χ0v) is 21.3. The predicted molar refractivity (Wildman–Crippen MR) is 137 cm³/mol. The molecule has 1 saturated carbocycles. The normalized spacial score (nSPS) is 31.7. The smallest absolute Gasteiger partial charge is 0.257 e. The molecule has 2 heterocycles. The Balaban J connectivity index is 1.23. The molecule has 2 amide bonds. The number of carbonyl (C=O) groups is 2. The first-order chi connectivity index (χ1) is 15.9. The molecule has 2 saturated heterocycles. The van der Waals surface area contributed by atoms with E-state index in [1.54, 1.807) is 11.8 Å².